The van der Waals surface area contributed by atoms with Gasteiger partial charge in [-0.2, -0.15) is 4.39 Å². The molecule has 2 N–H and O–H groups in total. The van der Waals surface area contributed by atoms with Crippen LogP contribution in [-0.2, 0) is 9.53 Å². The van der Waals surface area contributed by atoms with Crippen LogP contribution in [0.2, 0.25) is 0 Å². The second-order valence-corrected chi connectivity index (χ2v) is 4.66. The third-order valence-corrected chi connectivity index (χ3v) is 3.36. The maximum absolute atomic E-state index is 13.6. The van der Waals surface area contributed by atoms with E-state index >= 15 is 0 Å². The summed E-state index contributed by atoms with van der Waals surface area (Å²) in [6.45, 7) is 5.02. The first-order valence-corrected chi connectivity index (χ1v) is 6.41. The quantitative estimate of drug-likeness (QED) is 0.510. The van der Waals surface area contributed by atoms with Crippen LogP contribution in [0.25, 0.3) is 6.08 Å². The number of aryl methyl sites for hydroxylation is 1. The van der Waals surface area contributed by atoms with Crippen molar-refractivity contribution in [2.45, 2.75) is 25.7 Å². The highest BCUT2D eigenvalue weighted by Gasteiger charge is 2.16. The van der Waals surface area contributed by atoms with E-state index in [4.69, 9.17) is 5.73 Å². The lowest BCUT2D eigenvalue weighted by Crippen LogP contribution is -2.15. The van der Waals surface area contributed by atoms with Crippen molar-refractivity contribution in [2.24, 2.45) is 5.73 Å². The molecule has 0 unspecified atom stereocenters. The number of ether oxygens (including phenoxy) is 1. The van der Waals surface area contributed by atoms with E-state index in [0.717, 1.165) is 6.08 Å². The number of carbonyl (C=O) groups is 2. The summed E-state index contributed by atoms with van der Waals surface area (Å²) in [7, 11) is 0. The molecule has 0 radical (unpaired) electrons. The molecular weight excluding hydrogens is 281 g/mol. The van der Waals surface area contributed by atoms with Gasteiger partial charge in [-0.25, -0.2) is 4.79 Å². The Morgan fingerprint density at radius 3 is 2.55 bits per heavy atom. The molecule has 0 bridgehead atoms. The molecule has 4 nitrogen and oxygen atoms in total. The van der Waals surface area contributed by atoms with Gasteiger partial charge in [0.1, 0.15) is 0 Å². The summed E-state index contributed by atoms with van der Waals surface area (Å²) >= 11 is 4.25. The lowest BCUT2D eigenvalue weighted by atomic mass is 9.98. The first-order chi connectivity index (χ1) is 9.29. The topological polar surface area (TPSA) is 69.4 Å². The maximum Gasteiger partial charge on any atom is 0.367 e. The molecule has 0 atom stereocenters. The van der Waals surface area contributed by atoms with E-state index in [9.17, 15) is 14.0 Å². The van der Waals surface area contributed by atoms with Gasteiger partial charge in [0.05, 0.1) is 6.61 Å². The molecule has 1 aromatic rings. The number of hydrogen-bond acceptors (Lipinski definition) is 4. The Hall–Kier alpha value is -1.82. The van der Waals surface area contributed by atoms with Crippen molar-refractivity contribution in [3.8, 4) is 0 Å². The molecule has 1 amide bonds. The van der Waals surface area contributed by atoms with Gasteiger partial charge in [0, 0.05) is 10.5 Å². The summed E-state index contributed by atoms with van der Waals surface area (Å²) < 4.78 is 18.2. The van der Waals surface area contributed by atoms with Crippen molar-refractivity contribution in [1.29, 1.82) is 0 Å². The van der Waals surface area contributed by atoms with Crippen LogP contribution >= 0.6 is 12.6 Å². The minimum absolute atomic E-state index is 0.0898. The standard InChI is InChI=1S/C14H16FNO3S/c1-4-19-14(18)10(15)6-9-5-7(2)11(13(16)17)8(3)12(9)20/h5-6,20H,4H2,1-3H3,(H2,16,17). The molecule has 1 rings (SSSR count). The Bertz CT molecular complexity index is 597. The largest absolute Gasteiger partial charge is 0.461 e. The molecule has 0 aromatic heterocycles. The Morgan fingerprint density at radius 2 is 2.05 bits per heavy atom. The van der Waals surface area contributed by atoms with Gasteiger partial charge in [0.15, 0.2) is 0 Å². The van der Waals surface area contributed by atoms with E-state index in [2.05, 4.69) is 17.4 Å². The van der Waals surface area contributed by atoms with Crippen molar-refractivity contribution >= 4 is 30.6 Å². The molecule has 1 aromatic carbocycles. The minimum atomic E-state index is -1.03. The van der Waals surface area contributed by atoms with E-state index in [1.54, 1.807) is 26.8 Å². The van der Waals surface area contributed by atoms with Gasteiger partial charge in [-0.15, -0.1) is 12.6 Å². The van der Waals surface area contributed by atoms with E-state index < -0.39 is 17.7 Å². The predicted octanol–water partition coefficient (Wildman–Crippen LogP) is 2.56. The van der Waals surface area contributed by atoms with Crippen LogP contribution in [0.3, 0.4) is 0 Å². The van der Waals surface area contributed by atoms with Gasteiger partial charge in [-0.3, -0.25) is 4.79 Å². The second kappa shape index (κ2) is 6.56. The molecule has 108 valence electrons. The fraction of sp³-hybridized carbons (Fsp3) is 0.286. The summed E-state index contributed by atoms with van der Waals surface area (Å²) in [5.74, 6) is -2.63. The first-order valence-electron chi connectivity index (χ1n) is 5.96. The highest BCUT2D eigenvalue weighted by atomic mass is 32.1. The smallest absolute Gasteiger partial charge is 0.367 e. The van der Waals surface area contributed by atoms with Crippen molar-refractivity contribution in [2.75, 3.05) is 6.61 Å². The summed E-state index contributed by atoms with van der Waals surface area (Å²) in [5.41, 5.74) is 7.16. The number of rotatable bonds is 4. The van der Waals surface area contributed by atoms with Crippen molar-refractivity contribution in [3.63, 3.8) is 0 Å². The maximum atomic E-state index is 13.6. The molecule has 0 heterocycles. The van der Waals surface area contributed by atoms with Gasteiger partial charge in [-0.05, 0) is 43.5 Å². The van der Waals surface area contributed by atoms with E-state index in [1.807, 2.05) is 0 Å². The molecule has 0 aliphatic rings. The summed E-state index contributed by atoms with van der Waals surface area (Å²) in [4.78, 5) is 23.0. The molecule has 6 heteroatoms. The predicted molar refractivity (Wildman–Crippen MR) is 77.4 cm³/mol. The zero-order chi connectivity index (χ0) is 15.4. The van der Waals surface area contributed by atoms with Gasteiger partial charge in [0.2, 0.25) is 11.7 Å². The van der Waals surface area contributed by atoms with Crippen LogP contribution in [0.15, 0.2) is 16.8 Å². The first kappa shape index (κ1) is 16.2. The zero-order valence-corrected chi connectivity index (χ0v) is 12.4. The van der Waals surface area contributed by atoms with Crippen LogP contribution < -0.4 is 5.73 Å². The van der Waals surface area contributed by atoms with E-state index in [1.165, 1.54) is 0 Å². The monoisotopic (exact) mass is 297 g/mol. The Kier molecular flexibility index (Phi) is 5.33. The second-order valence-electron chi connectivity index (χ2n) is 4.21. The number of carbonyl (C=O) groups excluding carboxylic acids is 2. The van der Waals surface area contributed by atoms with Crippen LogP contribution in [-0.4, -0.2) is 18.5 Å². The Morgan fingerprint density at radius 1 is 1.45 bits per heavy atom. The Balaban J connectivity index is 3.32. The number of esters is 1. The minimum Gasteiger partial charge on any atom is -0.461 e. The van der Waals surface area contributed by atoms with Gasteiger partial charge in [-0.1, -0.05) is 6.07 Å². The van der Waals surface area contributed by atoms with Gasteiger partial charge in [0.25, 0.3) is 0 Å². The number of benzene rings is 1. The third kappa shape index (κ3) is 3.39. The number of hydrogen-bond donors (Lipinski definition) is 2. The van der Waals surface area contributed by atoms with Crippen LogP contribution in [0.5, 0.6) is 0 Å². The molecule has 0 aliphatic heterocycles. The number of halogens is 1. The highest BCUT2D eigenvalue weighted by molar-refractivity contribution is 7.80. The molecule has 20 heavy (non-hydrogen) atoms. The fourth-order valence-electron chi connectivity index (χ4n) is 1.89. The summed E-state index contributed by atoms with van der Waals surface area (Å²) in [6.07, 6.45) is 1.03. The van der Waals surface area contributed by atoms with Crippen LogP contribution in [0.1, 0.15) is 34.0 Å². The lowest BCUT2D eigenvalue weighted by Gasteiger charge is -2.12. The molecule has 0 saturated heterocycles. The van der Waals surface area contributed by atoms with E-state index in [0.29, 0.717) is 27.1 Å². The Labute approximate surface area is 122 Å². The molecule has 0 spiro atoms. The molecule has 0 saturated carbocycles. The highest BCUT2D eigenvalue weighted by Crippen LogP contribution is 2.27. The lowest BCUT2D eigenvalue weighted by molar-refractivity contribution is -0.140. The SMILES string of the molecule is CCOC(=O)C(F)=Cc1cc(C)c(C(N)=O)c(C)c1S. The molecule has 0 fully saturated rings. The summed E-state index contributed by atoms with van der Waals surface area (Å²) in [6, 6.07) is 1.55. The third-order valence-electron chi connectivity index (χ3n) is 2.77. The summed E-state index contributed by atoms with van der Waals surface area (Å²) in [5, 5.41) is 0. The van der Waals surface area contributed by atoms with Crippen LogP contribution in [0.4, 0.5) is 4.39 Å². The van der Waals surface area contributed by atoms with E-state index in [-0.39, 0.29) is 6.61 Å². The van der Waals surface area contributed by atoms with Crippen molar-refractivity contribution in [3.05, 3.63) is 34.1 Å². The number of primary amides is 1. The average Bonchev–Trinajstić information content (AvgIpc) is 2.35. The molecule has 0 aliphatic carbocycles. The van der Waals surface area contributed by atoms with Gasteiger partial charge >= 0.3 is 5.97 Å². The molecular formula is C14H16FNO3S. The van der Waals surface area contributed by atoms with Crippen molar-refractivity contribution in [1.82, 2.24) is 0 Å². The number of thiol groups is 1. The van der Waals surface area contributed by atoms with Gasteiger partial charge < -0.3 is 10.5 Å². The fourth-order valence-corrected chi connectivity index (χ4v) is 2.13. The normalized spacial score (nSPS) is 11.3. The van der Waals surface area contributed by atoms with Crippen molar-refractivity contribution < 1.29 is 18.7 Å². The van der Waals surface area contributed by atoms with Crippen LogP contribution in [0, 0.1) is 13.8 Å². The number of nitrogens with two attached hydrogens (primary N) is 1. The number of amides is 1. The zero-order valence-electron chi connectivity index (χ0n) is 11.5. The average molecular weight is 297 g/mol.